The van der Waals surface area contributed by atoms with Crippen LogP contribution in [0.2, 0.25) is 0 Å². The predicted octanol–water partition coefficient (Wildman–Crippen LogP) is 6.48. The lowest BCUT2D eigenvalue weighted by atomic mass is 10.1. The summed E-state index contributed by atoms with van der Waals surface area (Å²) < 4.78 is 21.8. The maximum absolute atomic E-state index is 12.3. The number of hydrogen-bond donors (Lipinski definition) is 0. The summed E-state index contributed by atoms with van der Waals surface area (Å²) in [6.07, 6.45) is 8.63. The summed E-state index contributed by atoms with van der Waals surface area (Å²) >= 11 is 0. The number of carbonyl (C=O) groups excluding carboxylic acids is 4. The molecule has 204 valence electrons. The van der Waals surface area contributed by atoms with E-state index in [2.05, 4.69) is 0 Å². The summed E-state index contributed by atoms with van der Waals surface area (Å²) in [5.74, 6) is -0.566. The molecule has 0 unspecified atom stereocenters. The number of esters is 4. The lowest BCUT2D eigenvalue weighted by Gasteiger charge is -2.11. The molecule has 0 fully saturated rings. The third-order valence-electron chi connectivity index (χ3n) is 6.12. The molecule has 0 aliphatic carbocycles. The molecule has 0 N–H and O–H groups in total. The summed E-state index contributed by atoms with van der Waals surface area (Å²) in [5.41, 5.74) is 0. The van der Waals surface area contributed by atoms with Gasteiger partial charge in [0.25, 0.3) is 0 Å². The average Bonchev–Trinajstić information content (AvgIpc) is 2.89. The molecule has 0 radical (unpaired) electrons. The van der Waals surface area contributed by atoms with E-state index in [1.54, 1.807) is 48.5 Å². The van der Waals surface area contributed by atoms with Gasteiger partial charge in [-0.25, -0.2) is 0 Å². The first-order valence-corrected chi connectivity index (χ1v) is 13.5. The summed E-state index contributed by atoms with van der Waals surface area (Å²) in [6, 6.07) is 13.3. The van der Waals surface area contributed by atoms with Gasteiger partial charge in [0.2, 0.25) is 0 Å². The normalized spacial score (nSPS) is 18.1. The molecule has 0 aromatic heterocycles. The van der Waals surface area contributed by atoms with Crippen molar-refractivity contribution in [2.45, 2.75) is 89.9 Å². The van der Waals surface area contributed by atoms with E-state index in [1.165, 1.54) is 0 Å². The van der Waals surface area contributed by atoms with Crippen LogP contribution >= 0.6 is 0 Å². The smallest absolute Gasteiger partial charge is 0.311 e. The van der Waals surface area contributed by atoms with Crippen LogP contribution in [-0.2, 0) is 19.2 Å². The summed E-state index contributed by atoms with van der Waals surface area (Å²) in [5, 5.41) is 0. The first-order valence-electron chi connectivity index (χ1n) is 13.5. The van der Waals surface area contributed by atoms with Gasteiger partial charge in [0.1, 0.15) is 0 Å². The molecular formula is C30H36O8. The summed E-state index contributed by atoms with van der Waals surface area (Å²) in [7, 11) is 0. The second-order valence-electron chi connectivity index (χ2n) is 9.33. The Bertz CT molecular complexity index is 910. The molecule has 0 saturated carbocycles. The van der Waals surface area contributed by atoms with Crippen molar-refractivity contribution in [3.63, 3.8) is 0 Å². The van der Waals surface area contributed by atoms with E-state index in [9.17, 15) is 19.2 Å². The molecule has 2 aromatic rings. The van der Waals surface area contributed by atoms with Crippen LogP contribution in [0.4, 0.5) is 0 Å². The number of benzene rings is 2. The summed E-state index contributed by atoms with van der Waals surface area (Å²) in [6.45, 7) is 0. The number of para-hydroxylation sites is 4. The Hall–Kier alpha value is -3.68. The third kappa shape index (κ3) is 10.7. The number of hydrogen-bond acceptors (Lipinski definition) is 8. The van der Waals surface area contributed by atoms with Gasteiger partial charge in [-0.1, -0.05) is 62.8 Å². The number of fused-ring (bicyclic) bond motifs is 2. The molecular weight excluding hydrogens is 488 g/mol. The van der Waals surface area contributed by atoms with E-state index in [4.69, 9.17) is 18.9 Å². The fourth-order valence-corrected chi connectivity index (χ4v) is 4.07. The monoisotopic (exact) mass is 524 g/mol. The van der Waals surface area contributed by atoms with E-state index < -0.39 is 0 Å². The average molecular weight is 525 g/mol. The van der Waals surface area contributed by atoms with Crippen molar-refractivity contribution in [1.29, 1.82) is 0 Å². The largest absolute Gasteiger partial charge is 0.423 e. The van der Waals surface area contributed by atoms with Gasteiger partial charge in [-0.3, -0.25) is 19.2 Å². The van der Waals surface area contributed by atoms with Gasteiger partial charge < -0.3 is 18.9 Å². The minimum absolute atomic E-state index is 0.235. The van der Waals surface area contributed by atoms with Crippen molar-refractivity contribution in [3.8, 4) is 23.0 Å². The number of rotatable bonds is 0. The highest BCUT2D eigenvalue weighted by Gasteiger charge is 2.15. The molecule has 1 heterocycles. The van der Waals surface area contributed by atoms with E-state index in [-0.39, 0.29) is 72.6 Å². The Morgan fingerprint density at radius 3 is 0.789 bits per heavy atom. The highest BCUT2D eigenvalue weighted by Crippen LogP contribution is 2.29. The Balaban J connectivity index is 1.55. The zero-order chi connectivity index (χ0) is 27.0. The van der Waals surface area contributed by atoms with Crippen molar-refractivity contribution < 1.29 is 38.1 Å². The highest BCUT2D eigenvalue weighted by molar-refractivity contribution is 5.77. The number of carbonyl (C=O) groups is 4. The third-order valence-corrected chi connectivity index (χ3v) is 6.12. The molecule has 0 saturated heterocycles. The first-order chi connectivity index (χ1) is 18.5. The van der Waals surface area contributed by atoms with E-state index in [1.807, 2.05) is 0 Å². The molecule has 8 heteroatoms. The van der Waals surface area contributed by atoms with Gasteiger partial charge in [-0.2, -0.15) is 0 Å². The second kappa shape index (κ2) is 16.2. The Morgan fingerprint density at radius 2 is 0.553 bits per heavy atom. The first kappa shape index (κ1) is 28.9. The van der Waals surface area contributed by atoms with Crippen molar-refractivity contribution >= 4 is 23.9 Å². The van der Waals surface area contributed by atoms with Gasteiger partial charge in [-0.15, -0.1) is 0 Å². The Morgan fingerprint density at radius 1 is 0.342 bits per heavy atom. The lowest BCUT2D eigenvalue weighted by molar-refractivity contribution is -0.137. The zero-order valence-corrected chi connectivity index (χ0v) is 21.8. The summed E-state index contributed by atoms with van der Waals surface area (Å²) in [4.78, 5) is 49.2. The molecule has 38 heavy (non-hydrogen) atoms. The molecule has 0 amide bonds. The van der Waals surface area contributed by atoms with Crippen LogP contribution in [0, 0.1) is 0 Å². The molecule has 0 spiro atoms. The molecule has 3 rings (SSSR count). The Kier molecular flexibility index (Phi) is 12.3. The topological polar surface area (TPSA) is 105 Å². The molecule has 1 aliphatic rings. The van der Waals surface area contributed by atoms with Crippen molar-refractivity contribution in [2.75, 3.05) is 0 Å². The van der Waals surface area contributed by atoms with Crippen LogP contribution in [0.3, 0.4) is 0 Å². The van der Waals surface area contributed by atoms with Crippen LogP contribution in [0.25, 0.3) is 0 Å². The Labute approximate surface area is 223 Å². The lowest BCUT2D eigenvalue weighted by Crippen LogP contribution is -2.12. The second-order valence-corrected chi connectivity index (χ2v) is 9.33. The van der Waals surface area contributed by atoms with Crippen LogP contribution < -0.4 is 18.9 Å². The van der Waals surface area contributed by atoms with Gasteiger partial charge in [0.05, 0.1) is 0 Å². The van der Waals surface area contributed by atoms with E-state index >= 15 is 0 Å². The van der Waals surface area contributed by atoms with Gasteiger partial charge >= 0.3 is 23.9 Å². The molecule has 0 atom stereocenters. The fourth-order valence-electron chi connectivity index (χ4n) is 4.07. The van der Waals surface area contributed by atoms with E-state index in [0.717, 1.165) is 38.5 Å². The van der Waals surface area contributed by atoms with Crippen LogP contribution in [0.5, 0.6) is 23.0 Å². The van der Waals surface area contributed by atoms with Crippen LogP contribution in [-0.4, -0.2) is 23.9 Å². The molecule has 1 aliphatic heterocycles. The minimum Gasteiger partial charge on any atom is -0.423 e. The highest BCUT2D eigenvalue weighted by atomic mass is 16.6. The van der Waals surface area contributed by atoms with Gasteiger partial charge in [-0.05, 0) is 49.9 Å². The quantitative estimate of drug-likeness (QED) is 0.285. The van der Waals surface area contributed by atoms with Crippen molar-refractivity contribution in [1.82, 2.24) is 0 Å². The SMILES string of the molecule is O=C1CCCCCCCC(=O)Oc2ccccc2OC(=O)CCCCCCCC(=O)Oc2ccccc2O1. The maximum atomic E-state index is 12.3. The van der Waals surface area contributed by atoms with Crippen LogP contribution in [0.1, 0.15) is 89.9 Å². The van der Waals surface area contributed by atoms with Crippen molar-refractivity contribution in [3.05, 3.63) is 48.5 Å². The standard InChI is InChI=1S/C30H36O8/c31-27-19-7-3-1-4-8-20-28(32)36-24-16-12-14-18-26(24)38-30(34)22-10-6-2-5-9-21-29(33)37-25-17-13-11-15-23(25)35-27/h11-18H,1-10,19-22H2. The number of ether oxygens (including phenoxy) is 4. The van der Waals surface area contributed by atoms with E-state index in [0.29, 0.717) is 25.7 Å². The molecule has 0 bridgehead atoms. The van der Waals surface area contributed by atoms with Gasteiger partial charge in [0, 0.05) is 25.7 Å². The minimum atomic E-state index is -0.377. The predicted molar refractivity (Wildman–Crippen MR) is 140 cm³/mol. The molecule has 2 aromatic carbocycles. The fraction of sp³-hybridized carbons (Fsp3) is 0.467. The van der Waals surface area contributed by atoms with Gasteiger partial charge in [0.15, 0.2) is 23.0 Å². The zero-order valence-electron chi connectivity index (χ0n) is 21.8. The van der Waals surface area contributed by atoms with Crippen LogP contribution in [0.15, 0.2) is 48.5 Å². The van der Waals surface area contributed by atoms with Crippen molar-refractivity contribution in [2.24, 2.45) is 0 Å². The maximum Gasteiger partial charge on any atom is 0.311 e. The molecule has 8 nitrogen and oxygen atoms in total.